The summed E-state index contributed by atoms with van der Waals surface area (Å²) in [5.41, 5.74) is 0.650. The van der Waals surface area contributed by atoms with Crippen molar-refractivity contribution in [3.63, 3.8) is 0 Å². The third-order valence-corrected chi connectivity index (χ3v) is 1.38. The second-order valence-electron chi connectivity index (χ2n) is 1.62. The summed E-state index contributed by atoms with van der Waals surface area (Å²) in [5.74, 6) is 0. The summed E-state index contributed by atoms with van der Waals surface area (Å²) in [7, 11) is 0. The fourth-order valence-electron chi connectivity index (χ4n) is 0.526. The Morgan fingerprint density at radius 2 is 2.44 bits per heavy atom. The number of hydrogen-bond donors (Lipinski definition) is 0. The lowest BCUT2D eigenvalue weighted by atomic mass is 10.3. The third-order valence-electron chi connectivity index (χ3n) is 0.945. The minimum atomic E-state index is -0.429. The van der Waals surface area contributed by atoms with E-state index in [1.807, 2.05) is 0 Å². The Morgan fingerprint density at radius 3 is 2.89 bits per heavy atom. The largest absolute Gasteiger partial charge is 0.249 e. The summed E-state index contributed by atoms with van der Waals surface area (Å²) in [5, 5.41) is 0. The van der Waals surface area contributed by atoms with E-state index in [2.05, 4.69) is 20.9 Å². The molecule has 0 fully saturated rings. The van der Waals surface area contributed by atoms with Crippen molar-refractivity contribution in [2.24, 2.45) is 0 Å². The molecule has 3 heteroatoms. The molecule has 0 bridgehead atoms. The van der Waals surface area contributed by atoms with Crippen LogP contribution in [0.25, 0.3) is 0 Å². The van der Waals surface area contributed by atoms with E-state index in [9.17, 15) is 4.39 Å². The molecule has 1 aromatic heterocycles. The normalized spacial score (nSPS) is 9.56. The van der Waals surface area contributed by atoms with Gasteiger partial charge in [-0.15, -0.1) is 0 Å². The number of rotatable bonds is 1. The van der Waals surface area contributed by atoms with Gasteiger partial charge in [0.15, 0.2) is 0 Å². The molecule has 1 aromatic rings. The molecule has 48 valence electrons. The molecule has 1 heterocycles. The number of aromatic nitrogens is 1. The van der Waals surface area contributed by atoms with Gasteiger partial charge in [0.1, 0.15) is 11.3 Å². The van der Waals surface area contributed by atoms with E-state index in [4.69, 9.17) is 0 Å². The van der Waals surface area contributed by atoms with Gasteiger partial charge in [-0.1, -0.05) is 0 Å². The molecule has 0 spiro atoms. The lowest BCUT2D eigenvalue weighted by Gasteiger charge is -1.91. The second-order valence-corrected chi connectivity index (χ2v) is 2.43. The van der Waals surface area contributed by atoms with Gasteiger partial charge in [-0.25, -0.2) is 9.37 Å². The van der Waals surface area contributed by atoms with Gasteiger partial charge >= 0.3 is 0 Å². The van der Waals surface area contributed by atoms with Crippen molar-refractivity contribution in [1.29, 1.82) is 0 Å². The van der Waals surface area contributed by atoms with Gasteiger partial charge in [-0.05, 0) is 33.6 Å². The molecule has 0 radical (unpaired) electrons. The maximum absolute atomic E-state index is 11.9. The molecule has 0 saturated carbocycles. The first-order valence-corrected chi connectivity index (χ1v) is 3.28. The highest BCUT2D eigenvalue weighted by atomic mass is 79.9. The monoisotopic (exact) mass is 189 g/mol. The van der Waals surface area contributed by atoms with Crippen molar-refractivity contribution in [3.05, 3.63) is 28.5 Å². The zero-order chi connectivity index (χ0) is 6.69. The Balaban J connectivity index is 2.94. The van der Waals surface area contributed by atoms with E-state index < -0.39 is 6.67 Å². The molecule has 1 rings (SSSR count). The average molecular weight is 190 g/mol. The lowest BCUT2D eigenvalue weighted by molar-refractivity contribution is 0.485. The van der Waals surface area contributed by atoms with Crippen molar-refractivity contribution in [2.75, 3.05) is 0 Å². The molecule has 0 amide bonds. The second kappa shape index (κ2) is 2.92. The SMILES string of the molecule is FCc1ccnc(Br)c1. The van der Waals surface area contributed by atoms with E-state index in [-0.39, 0.29) is 0 Å². The summed E-state index contributed by atoms with van der Waals surface area (Å²) in [4.78, 5) is 3.84. The van der Waals surface area contributed by atoms with Crippen LogP contribution in [0, 0.1) is 0 Å². The van der Waals surface area contributed by atoms with E-state index in [0.29, 0.717) is 10.2 Å². The molecule has 1 nitrogen and oxygen atoms in total. The van der Waals surface area contributed by atoms with E-state index in [1.54, 1.807) is 18.3 Å². The number of nitrogens with zero attached hydrogens (tertiary/aromatic N) is 1. The van der Waals surface area contributed by atoms with E-state index in [1.165, 1.54) is 0 Å². The smallest absolute Gasteiger partial charge is 0.115 e. The number of halogens is 2. The average Bonchev–Trinajstić information content (AvgIpc) is 1.88. The molecule has 0 aromatic carbocycles. The number of pyridine rings is 1. The van der Waals surface area contributed by atoms with Crippen LogP contribution in [0.4, 0.5) is 4.39 Å². The van der Waals surface area contributed by atoms with Crippen LogP contribution >= 0.6 is 15.9 Å². The predicted molar refractivity (Wildman–Crippen MR) is 36.7 cm³/mol. The Morgan fingerprint density at radius 1 is 1.67 bits per heavy atom. The maximum Gasteiger partial charge on any atom is 0.115 e. The summed E-state index contributed by atoms with van der Waals surface area (Å²) >= 11 is 3.13. The first-order valence-electron chi connectivity index (χ1n) is 2.49. The van der Waals surface area contributed by atoms with Gasteiger partial charge in [0, 0.05) is 6.20 Å². The Labute approximate surface area is 61.0 Å². The van der Waals surface area contributed by atoms with Crippen molar-refractivity contribution < 1.29 is 4.39 Å². The molecule has 0 saturated heterocycles. The number of alkyl halides is 1. The van der Waals surface area contributed by atoms with Crippen LogP contribution in [0.15, 0.2) is 22.9 Å². The first kappa shape index (κ1) is 6.68. The first-order chi connectivity index (χ1) is 4.33. The standard InChI is InChI=1S/C6H5BrFN/c7-6-3-5(4-8)1-2-9-6/h1-3H,4H2. The van der Waals surface area contributed by atoms with E-state index in [0.717, 1.165) is 0 Å². The highest BCUT2D eigenvalue weighted by Gasteiger charge is 1.90. The molecule has 9 heavy (non-hydrogen) atoms. The highest BCUT2D eigenvalue weighted by Crippen LogP contribution is 2.08. The molecule has 0 atom stereocenters. The maximum atomic E-state index is 11.9. The molecule has 0 aliphatic rings. The molecular weight excluding hydrogens is 185 g/mol. The number of hydrogen-bond acceptors (Lipinski definition) is 1. The summed E-state index contributed by atoms with van der Waals surface area (Å²) in [6.45, 7) is -0.429. The molecule has 0 unspecified atom stereocenters. The fraction of sp³-hybridized carbons (Fsp3) is 0.167. The van der Waals surface area contributed by atoms with Crippen LogP contribution in [0.5, 0.6) is 0 Å². The zero-order valence-corrected chi connectivity index (χ0v) is 6.23. The lowest BCUT2D eigenvalue weighted by Crippen LogP contribution is -1.79. The fourth-order valence-corrected chi connectivity index (χ4v) is 0.938. The van der Waals surface area contributed by atoms with Gasteiger partial charge in [-0.2, -0.15) is 0 Å². The molecule has 0 aliphatic heterocycles. The van der Waals surface area contributed by atoms with Crippen LogP contribution in [0.2, 0.25) is 0 Å². The van der Waals surface area contributed by atoms with Crippen LogP contribution in [-0.4, -0.2) is 4.98 Å². The summed E-state index contributed by atoms with van der Waals surface area (Å²) in [6, 6.07) is 3.30. The van der Waals surface area contributed by atoms with Crippen LogP contribution in [0.1, 0.15) is 5.56 Å². The van der Waals surface area contributed by atoms with Gasteiger partial charge in [0.05, 0.1) is 0 Å². The van der Waals surface area contributed by atoms with Gasteiger partial charge in [-0.3, -0.25) is 0 Å². The quantitative estimate of drug-likeness (QED) is 0.619. The molecule has 0 aliphatic carbocycles. The van der Waals surface area contributed by atoms with Crippen molar-refractivity contribution in [3.8, 4) is 0 Å². The van der Waals surface area contributed by atoms with Gasteiger partial charge in [0.25, 0.3) is 0 Å². The van der Waals surface area contributed by atoms with Crippen molar-refractivity contribution in [2.45, 2.75) is 6.67 Å². The van der Waals surface area contributed by atoms with Crippen molar-refractivity contribution >= 4 is 15.9 Å². The Kier molecular flexibility index (Phi) is 2.16. The zero-order valence-electron chi connectivity index (χ0n) is 4.64. The van der Waals surface area contributed by atoms with Gasteiger partial charge < -0.3 is 0 Å². The Hall–Kier alpha value is -0.440. The van der Waals surface area contributed by atoms with Gasteiger partial charge in [0.2, 0.25) is 0 Å². The molecular formula is C6H5BrFN. The molecule has 0 N–H and O–H groups in total. The van der Waals surface area contributed by atoms with E-state index >= 15 is 0 Å². The minimum absolute atomic E-state index is 0.429. The predicted octanol–water partition coefficient (Wildman–Crippen LogP) is 2.31. The highest BCUT2D eigenvalue weighted by molar-refractivity contribution is 9.10. The third kappa shape index (κ3) is 1.75. The topological polar surface area (TPSA) is 12.9 Å². The minimum Gasteiger partial charge on any atom is -0.249 e. The Bertz CT molecular complexity index is 202. The van der Waals surface area contributed by atoms with Crippen LogP contribution < -0.4 is 0 Å². The van der Waals surface area contributed by atoms with Crippen LogP contribution in [0.3, 0.4) is 0 Å². The van der Waals surface area contributed by atoms with Crippen LogP contribution in [-0.2, 0) is 6.67 Å². The summed E-state index contributed by atoms with van der Waals surface area (Å²) < 4.78 is 12.5. The summed E-state index contributed by atoms with van der Waals surface area (Å²) in [6.07, 6.45) is 1.57. The van der Waals surface area contributed by atoms with Crippen molar-refractivity contribution in [1.82, 2.24) is 4.98 Å².